The Morgan fingerprint density at radius 3 is 2.73 bits per heavy atom. The Kier molecular flexibility index (Phi) is 4.77. The number of nitrogens with zero attached hydrogens (tertiary/aromatic N) is 2. The molecule has 3 nitrogen and oxygen atoms in total. The monoisotopic (exact) mass is 211 g/mol. The van der Waals surface area contributed by atoms with Crippen LogP contribution in [0.15, 0.2) is 12.2 Å². The molecular weight excluding hydrogens is 186 g/mol. The van der Waals surface area contributed by atoms with Crippen LogP contribution in [0.4, 0.5) is 0 Å². The maximum atomic E-state index is 6.24. The zero-order valence-corrected chi connectivity index (χ0v) is 10.4. The van der Waals surface area contributed by atoms with Crippen molar-refractivity contribution >= 4 is 0 Å². The van der Waals surface area contributed by atoms with Crippen molar-refractivity contribution in [1.29, 1.82) is 0 Å². The van der Waals surface area contributed by atoms with E-state index in [0.29, 0.717) is 6.04 Å². The molecule has 3 heteroatoms. The van der Waals surface area contributed by atoms with E-state index in [9.17, 15) is 0 Å². The zero-order valence-electron chi connectivity index (χ0n) is 10.4. The van der Waals surface area contributed by atoms with E-state index < -0.39 is 0 Å². The summed E-state index contributed by atoms with van der Waals surface area (Å²) in [7, 11) is 4.35. The van der Waals surface area contributed by atoms with Gasteiger partial charge >= 0.3 is 0 Å². The third kappa shape index (κ3) is 3.93. The number of piperazine rings is 1. The number of nitrogens with two attached hydrogens (primary N) is 1. The molecule has 88 valence electrons. The second kappa shape index (κ2) is 5.64. The predicted octanol–water partition coefficient (Wildman–Crippen LogP) is 0.916. The van der Waals surface area contributed by atoms with E-state index in [1.807, 2.05) is 0 Å². The molecule has 2 unspecified atom stereocenters. The average molecular weight is 211 g/mol. The molecule has 0 aromatic heterocycles. The molecule has 1 aliphatic heterocycles. The van der Waals surface area contributed by atoms with Gasteiger partial charge < -0.3 is 10.6 Å². The van der Waals surface area contributed by atoms with Crippen molar-refractivity contribution in [2.24, 2.45) is 5.73 Å². The number of rotatable bonds is 4. The van der Waals surface area contributed by atoms with E-state index >= 15 is 0 Å². The van der Waals surface area contributed by atoms with Crippen LogP contribution in [0.5, 0.6) is 0 Å². The fourth-order valence-electron chi connectivity index (χ4n) is 2.11. The highest BCUT2D eigenvalue weighted by atomic mass is 15.3. The molecule has 0 aliphatic carbocycles. The highest BCUT2D eigenvalue weighted by molar-refractivity contribution is 4.93. The summed E-state index contributed by atoms with van der Waals surface area (Å²) in [5.74, 6) is 0. The third-order valence-corrected chi connectivity index (χ3v) is 3.30. The quantitative estimate of drug-likeness (QED) is 0.702. The molecule has 1 fully saturated rings. The van der Waals surface area contributed by atoms with Crippen LogP contribution >= 0.6 is 0 Å². The van der Waals surface area contributed by atoms with Gasteiger partial charge in [0.2, 0.25) is 0 Å². The second-order valence-corrected chi connectivity index (χ2v) is 4.97. The molecule has 0 spiro atoms. The summed E-state index contributed by atoms with van der Waals surface area (Å²) in [6.07, 6.45) is 2.10. The van der Waals surface area contributed by atoms with E-state index in [1.165, 1.54) is 5.57 Å². The Balaban J connectivity index is 2.41. The molecule has 0 amide bonds. The lowest BCUT2D eigenvalue weighted by Crippen LogP contribution is -2.57. The van der Waals surface area contributed by atoms with Gasteiger partial charge in [-0.2, -0.15) is 0 Å². The first kappa shape index (κ1) is 12.7. The molecule has 2 atom stereocenters. The maximum Gasteiger partial charge on any atom is 0.0371 e. The normalized spacial score (nSPS) is 26.5. The predicted molar refractivity (Wildman–Crippen MR) is 65.9 cm³/mol. The summed E-state index contributed by atoms with van der Waals surface area (Å²) < 4.78 is 0. The summed E-state index contributed by atoms with van der Waals surface area (Å²) in [4.78, 5) is 4.76. The Hall–Kier alpha value is -0.380. The van der Waals surface area contributed by atoms with Gasteiger partial charge in [-0.25, -0.2) is 0 Å². The van der Waals surface area contributed by atoms with Crippen molar-refractivity contribution in [2.45, 2.75) is 31.8 Å². The molecule has 1 saturated heterocycles. The minimum Gasteiger partial charge on any atom is -0.326 e. The van der Waals surface area contributed by atoms with Gasteiger partial charge in [0, 0.05) is 31.7 Å². The number of hydrogen-bond donors (Lipinski definition) is 1. The van der Waals surface area contributed by atoms with Crippen LogP contribution in [-0.2, 0) is 0 Å². The van der Waals surface area contributed by atoms with Crippen molar-refractivity contribution in [1.82, 2.24) is 9.80 Å². The molecule has 0 radical (unpaired) electrons. The minimum absolute atomic E-state index is 0.273. The molecule has 2 N–H and O–H groups in total. The van der Waals surface area contributed by atoms with E-state index in [-0.39, 0.29) is 6.04 Å². The summed E-state index contributed by atoms with van der Waals surface area (Å²) in [6.45, 7) is 9.37. The molecule has 0 bridgehead atoms. The van der Waals surface area contributed by atoms with Gasteiger partial charge in [-0.05, 0) is 33.9 Å². The van der Waals surface area contributed by atoms with Crippen molar-refractivity contribution < 1.29 is 0 Å². The SMILES string of the molecule is C=C(C)CCC(N)C1CN(C)CCN1C. The standard InChI is InChI=1S/C12H25N3/c1-10(2)5-6-11(13)12-9-14(3)7-8-15(12)4/h11-12H,1,5-9,13H2,2-4H3. The summed E-state index contributed by atoms with van der Waals surface area (Å²) in [5.41, 5.74) is 7.47. The molecule has 1 aliphatic rings. The summed E-state index contributed by atoms with van der Waals surface area (Å²) >= 11 is 0. The summed E-state index contributed by atoms with van der Waals surface area (Å²) in [6, 6.07) is 0.776. The molecule has 0 saturated carbocycles. The second-order valence-electron chi connectivity index (χ2n) is 4.97. The van der Waals surface area contributed by atoms with Crippen LogP contribution in [0.25, 0.3) is 0 Å². The van der Waals surface area contributed by atoms with Gasteiger partial charge in [0.1, 0.15) is 0 Å². The van der Waals surface area contributed by atoms with Crippen molar-refractivity contribution in [2.75, 3.05) is 33.7 Å². The average Bonchev–Trinajstić information content (AvgIpc) is 2.18. The Bertz CT molecular complexity index is 215. The molecular formula is C12H25N3. The van der Waals surface area contributed by atoms with E-state index in [4.69, 9.17) is 5.73 Å². The lowest BCUT2D eigenvalue weighted by molar-refractivity contribution is 0.0954. The zero-order chi connectivity index (χ0) is 11.4. The van der Waals surface area contributed by atoms with E-state index in [2.05, 4.69) is 37.4 Å². The molecule has 0 aromatic rings. The molecule has 15 heavy (non-hydrogen) atoms. The Morgan fingerprint density at radius 2 is 2.13 bits per heavy atom. The Morgan fingerprint density at radius 1 is 1.47 bits per heavy atom. The van der Waals surface area contributed by atoms with Crippen molar-refractivity contribution in [3.05, 3.63) is 12.2 Å². The fraction of sp³-hybridized carbons (Fsp3) is 0.833. The first-order valence-electron chi connectivity index (χ1n) is 5.79. The highest BCUT2D eigenvalue weighted by Crippen LogP contribution is 2.13. The fourth-order valence-corrected chi connectivity index (χ4v) is 2.11. The third-order valence-electron chi connectivity index (χ3n) is 3.30. The van der Waals surface area contributed by atoms with Gasteiger partial charge in [0.25, 0.3) is 0 Å². The summed E-state index contributed by atoms with van der Waals surface area (Å²) in [5, 5.41) is 0. The van der Waals surface area contributed by atoms with E-state index in [1.54, 1.807) is 0 Å². The van der Waals surface area contributed by atoms with Crippen molar-refractivity contribution in [3.8, 4) is 0 Å². The topological polar surface area (TPSA) is 32.5 Å². The van der Waals surface area contributed by atoms with Gasteiger partial charge in [0.15, 0.2) is 0 Å². The van der Waals surface area contributed by atoms with Gasteiger partial charge in [0.05, 0.1) is 0 Å². The highest BCUT2D eigenvalue weighted by Gasteiger charge is 2.26. The van der Waals surface area contributed by atoms with Gasteiger partial charge in [-0.1, -0.05) is 5.57 Å². The van der Waals surface area contributed by atoms with Crippen LogP contribution in [0, 0.1) is 0 Å². The largest absolute Gasteiger partial charge is 0.326 e. The smallest absolute Gasteiger partial charge is 0.0371 e. The van der Waals surface area contributed by atoms with Crippen LogP contribution < -0.4 is 5.73 Å². The van der Waals surface area contributed by atoms with Crippen LogP contribution in [0.2, 0.25) is 0 Å². The number of allylic oxidation sites excluding steroid dienone is 1. The minimum atomic E-state index is 0.273. The van der Waals surface area contributed by atoms with Gasteiger partial charge in [-0.15, -0.1) is 6.58 Å². The lowest BCUT2D eigenvalue weighted by Gasteiger charge is -2.40. The van der Waals surface area contributed by atoms with Crippen LogP contribution in [0.3, 0.4) is 0 Å². The van der Waals surface area contributed by atoms with E-state index in [0.717, 1.165) is 32.5 Å². The molecule has 1 heterocycles. The molecule has 0 aromatic carbocycles. The first-order valence-corrected chi connectivity index (χ1v) is 5.79. The van der Waals surface area contributed by atoms with Crippen molar-refractivity contribution in [3.63, 3.8) is 0 Å². The first-order chi connectivity index (χ1) is 7.00. The lowest BCUT2D eigenvalue weighted by atomic mass is 9.98. The number of hydrogen-bond acceptors (Lipinski definition) is 3. The number of likely N-dealkylation sites (N-methyl/N-ethyl adjacent to an activating group) is 2. The van der Waals surface area contributed by atoms with Crippen LogP contribution in [0.1, 0.15) is 19.8 Å². The van der Waals surface area contributed by atoms with Crippen LogP contribution in [-0.4, -0.2) is 55.6 Å². The maximum absolute atomic E-state index is 6.24. The van der Waals surface area contributed by atoms with Gasteiger partial charge in [-0.3, -0.25) is 4.90 Å². The Labute approximate surface area is 93.9 Å². The molecule has 1 rings (SSSR count).